The fourth-order valence-electron chi connectivity index (χ4n) is 2.23. The number of alkyl halides is 3. The number of nitriles is 1. The number of rotatable bonds is 1. The van der Waals surface area contributed by atoms with Crippen LogP contribution < -0.4 is 11.2 Å². The molecule has 9 heteroatoms. The molecule has 0 saturated carbocycles. The minimum atomic E-state index is -4.90. The van der Waals surface area contributed by atoms with Crippen LogP contribution in [0.15, 0.2) is 27.8 Å². The fourth-order valence-corrected chi connectivity index (χ4v) is 2.23. The van der Waals surface area contributed by atoms with Crippen molar-refractivity contribution in [2.75, 3.05) is 0 Å². The molecule has 0 fully saturated rings. The number of nitrogens with zero attached hydrogens (tertiary/aromatic N) is 3. The molecule has 120 valence electrons. The first kappa shape index (κ1) is 16.5. The Morgan fingerprint density at radius 2 is 1.83 bits per heavy atom. The van der Waals surface area contributed by atoms with Gasteiger partial charge < -0.3 is 0 Å². The molecule has 2 rings (SSSR count). The molecule has 0 atom stereocenters. The number of halogens is 4. The van der Waals surface area contributed by atoms with E-state index in [-0.39, 0.29) is 10.1 Å². The Labute approximate surface area is 126 Å². The van der Waals surface area contributed by atoms with E-state index in [0.29, 0.717) is 4.57 Å². The quantitative estimate of drug-likeness (QED) is 0.751. The zero-order valence-corrected chi connectivity index (χ0v) is 11.9. The molecule has 1 heterocycles. The van der Waals surface area contributed by atoms with Crippen LogP contribution in [0.2, 0.25) is 0 Å². The molecular formula is C14H9F4N3O2. The van der Waals surface area contributed by atoms with E-state index in [1.807, 2.05) is 0 Å². The molecule has 0 aliphatic carbocycles. The summed E-state index contributed by atoms with van der Waals surface area (Å²) in [7, 11) is 0.843. The summed E-state index contributed by atoms with van der Waals surface area (Å²) >= 11 is 0. The second kappa shape index (κ2) is 5.39. The Morgan fingerprint density at radius 3 is 2.30 bits per heavy atom. The van der Waals surface area contributed by atoms with Gasteiger partial charge in [-0.05, 0) is 25.1 Å². The minimum Gasteiger partial charge on any atom is -0.292 e. The Balaban J connectivity index is 2.90. The van der Waals surface area contributed by atoms with Crippen molar-refractivity contribution in [2.24, 2.45) is 7.05 Å². The molecule has 23 heavy (non-hydrogen) atoms. The monoisotopic (exact) mass is 327 g/mol. The standard InChI is InChI=1S/C14H9F4N3O2/c1-7-11(14(16,17)18)20(2)13(23)21(12(7)22)10-4-3-8(6-19)5-9(10)15/h3-5H,1-2H3. The van der Waals surface area contributed by atoms with E-state index in [1.54, 1.807) is 6.07 Å². The van der Waals surface area contributed by atoms with E-state index in [1.165, 1.54) is 0 Å². The van der Waals surface area contributed by atoms with Crippen LogP contribution in [0.25, 0.3) is 5.69 Å². The highest BCUT2D eigenvalue weighted by atomic mass is 19.4. The van der Waals surface area contributed by atoms with E-state index < -0.39 is 40.2 Å². The summed E-state index contributed by atoms with van der Waals surface area (Å²) < 4.78 is 53.4. The van der Waals surface area contributed by atoms with E-state index in [2.05, 4.69) is 0 Å². The highest BCUT2D eigenvalue weighted by Crippen LogP contribution is 2.29. The molecule has 0 aliphatic rings. The molecule has 0 unspecified atom stereocenters. The van der Waals surface area contributed by atoms with Crippen molar-refractivity contribution >= 4 is 0 Å². The van der Waals surface area contributed by atoms with Crippen LogP contribution in [0.4, 0.5) is 17.6 Å². The Hall–Kier alpha value is -2.89. The van der Waals surface area contributed by atoms with Crippen molar-refractivity contribution in [1.82, 2.24) is 9.13 Å². The molecule has 5 nitrogen and oxygen atoms in total. The van der Waals surface area contributed by atoms with E-state index in [9.17, 15) is 27.2 Å². The van der Waals surface area contributed by atoms with Gasteiger partial charge in [-0.2, -0.15) is 18.4 Å². The van der Waals surface area contributed by atoms with Gasteiger partial charge in [0, 0.05) is 12.6 Å². The Morgan fingerprint density at radius 1 is 1.22 bits per heavy atom. The van der Waals surface area contributed by atoms with Gasteiger partial charge in [-0.1, -0.05) is 0 Å². The van der Waals surface area contributed by atoms with Crippen LogP contribution in [-0.4, -0.2) is 9.13 Å². The van der Waals surface area contributed by atoms with Crippen LogP contribution >= 0.6 is 0 Å². The maximum absolute atomic E-state index is 14.0. The molecule has 0 radical (unpaired) electrons. The minimum absolute atomic E-state index is 0.0558. The van der Waals surface area contributed by atoms with Gasteiger partial charge in [0.2, 0.25) is 0 Å². The number of hydrogen-bond donors (Lipinski definition) is 0. The lowest BCUT2D eigenvalue weighted by Crippen LogP contribution is -2.43. The summed E-state index contributed by atoms with van der Waals surface area (Å²) in [6, 6.07) is 4.59. The van der Waals surface area contributed by atoms with Crippen LogP contribution in [0.1, 0.15) is 16.8 Å². The van der Waals surface area contributed by atoms with Crippen molar-refractivity contribution < 1.29 is 17.6 Å². The van der Waals surface area contributed by atoms with Crippen molar-refractivity contribution in [3.05, 3.63) is 61.7 Å². The first-order valence-corrected chi connectivity index (χ1v) is 6.19. The topological polar surface area (TPSA) is 67.8 Å². The van der Waals surface area contributed by atoms with Crippen molar-refractivity contribution in [1.29, 1.82) is 5.26 Å². The second-order valence-corrected chi connectivity index (χ2v) is 4.73. The number of benzene rings is 1. The molecule has 0 N–H and O–H groups in total. The summed E-state index contributed by atoms with van der Waals surface area (Å²) in [5.41, 5.74) is -5.31. The van der Waals surface area contributed by atoms with Crippen LogP contribution in [0, 0.1) is 24.1 Å². The van der Waals surface area contributed by atoms with Gasteiger partial charge in [0.15, 0.2) is 0 Å². The van der Waals surface area contributed by atoms with E-state index >= 15 is 0 Å². The highest BCUT2D eigenvalue weighted by Gasteiger charge is 2.37. The third-order valence-corrected chi connectivity index (χ3v) is 3.28. The van der Waals surface area contributed by atoms with Gasteiger partial charge in [0.25, 0.3) is 5.56 Å². The molecule has 1 aromatic heterocycles. The van der Waals surface area contributed by atoms with Crippen LogP contribution in [0.5, 0.6) is 0 Å². The van der Waals surface area contributed by atoms with Crippen LogP contribution in [0.3, 0.4) is 0 Å². The average Bonchev–Trinajstić information content (AvgIpc) is 2.45. The first-order chi connectivity index (χ1) is 10.6. The Kier molecular flexibility index (Phi) is 3.86. The molecule has 0 bridgehead atoms. The van der Waals surface area contributed by atoms with Crippen LogP contribution in [-0.2, 0) is 13.2 Å². The van der Waals surface area contributed by atoms with Crippen molar-refractivity contribution in [3.63, 3.8) is 0 Å². The van der Waals surface area contributed by atoms with E-state index in [0.717, 1.165) is 32.2 Å². The normalized spacial score (nSPS) is 11.3. The van der Waals surface area contributed by atoms with Gasteiger partial charge in [-0.15, -0.1) is 0 Å². The van der Waals surface area contributed by atoms with Crippen molar-refractivity contribution in [3.8, 4) is 11.8 Å². The summed E-state index contributed by atoms with van der Waals surface area (Å²) in [4.78, 5) is 24.2. The third kappa shape index (κ3) is 2.63. The second-order valence-electron chi connectivity index (χ2n) is 4.73. The first-order valence-electron chi connectivity index (χ1n) is 6.19. The summed E-state index contributed by atoms with van der Waals surface area (Å²) in [5.74, 6) is -1.07. The smallest absolute Gasteiger partial charge is 0.292 e. The maximum Gasteiger partial charge on any atom is 0.432 e. The summed E-state index contributed by atoms with van der Waals surface area (Å²) in [5, 5.41) is 8.67. The fraction of sp³-hybridized carbons (Fsp3) is 0.214. The average molecular weight is 327 g/mol. The van der Waals surface area contributed by atoms with Gasteiger partial charge in [-0.25, -0.2) is 13.8 Å². The van der Waals surface area contributed by atoms with Crippen molar-refractivity contribution in [2.45, 2.75) is 13.1 Å². The molecule has 0 spiro atoms. The zero-order chi connectivity index (χ0) is 17.5. The third-order valence-electron chi connectivity index (χ3n) is 3.28. The highest BCUT2D eigenvalue weighted by molar-refractivity contribution is 5.41. The summed E-state index contributed by atoms with van der Waals surface area (Å²) in [6.45, 7) is 0.905. The largest absolute Gasteiger partial charge is 0.432 e. The molecule has 0 amide bonds. The lowest BCUT2D eigenvalue weighted by atomic mass is 10.2. The van der Waals surface area contributed by atoms with Gasteiger partial charge in [-0.3, -0.25) is 9.36 Å². The zero-order valence-electron chi connectivity index (χ0n) is 11.9. The molecule has 2 aromatic rings. The van der Waals surface area contributed by atoms with Gasteiger partial charge >= 0.3 is 11.9 Å². The lowest BCUT2D eigenvalue weighted by Gasteiger charge is -2.17. The number of aromatic nitrogens is 2. The maximum atomic E-state index is 14.0. The van der Waals surface area contributed by atoms with Gasteiger partial charge in [0.1, 0.15) is 11.5 Å². The van der Waals surface area contributed by atoms with E-state index in [4.69, 9.17) is 5.26 Å². The molecule has 1 aromatic carbocycles. The Bertz CT molecular complexity index is 911. The molecule has 0 saturated heterocycles. The number of hydrogen-bond acceptors (Lipinski definition) is 3. The lowest BCUT2D eigenvalue weighted by molar-refractivity contribution is -0.144. The predicted molar refractivity (Wildman–Crippen MR) is 71.7 cm³/mol. The summed E-state index contributed by atoms with van der Waals surface area (Å²) in [6.07, 6.45) is -4.90. The SMILES string of the molecule is Cc1c(C(F)(F)F)n(C)c(=O)n(-c2ccc(C#N)cc2F)c1=O. The van der Waals surface area contributed by atoms with Gasteiger partial charge in [0.05, 0.1) is 17.3 Å². The predicted octanol–water partition coefficient (Wildman–Crippen LogP) is 1.87. The molecule has 0 aliphatic heterocycles. The molecular weight excluding hydrogens is 318 g/mol.